The van der Waals surface area contributed by atoms with E-state index in [0.717, 1.165) is 11.3 Å². The SMILES string of the molecule is Oc1c(Br)cc(Cl)cc1CNNc1ccccc1. The summed E-state index contributed by atoms with van der Waals surface area (Å²) in [7, 11) is 0. The number of hydrogen-bond acceptors (Lipinski definition) is 3. The summed E-state index contributed by atoms with van der Waals surface area (Å²) in [6.45, 7) is 0.458. The number of para-hydroxylation sites is 1. The summed E-state index contributed by atoms with van der Waals surface area (Å²) >= 11 is 9.18. The van der Waals surface area contributed by atoms with Gasteiger partial charge in [-0.05, 0) is 40.2 Å². The molecule has 2 aromatic carbocycles. The van der Waals surface area contributed by atoms with Crippen molar-refractivity contribution in [2.24, 2.45) is 0 Å². The molecular weight excluding hydrogens is 316 g/mol. The topological polar surface area (TPSA) is 44.3 Å². The molecule has 0 aliphatic carbocycles. The maximum absolute atomic E-state index is 9.85. The first kappa shape index (κ1) is 13.2. The summed E-state index contributed by atoms with van der Waals surface area (Å²) in [4.78, 5) is 0. The van der Waals surface area contributed by atoms with Crippen LogP contribution in [-0.4, -0.2) is 5.11 Å². The van der Waals surface area contributed by atoms with E-state index in [-0.39, 0.29) is 5.75 Å². The standard InChI is InChI=1S/C13H12BrClN2O/c14-12-7-10(15)6-9(13(12)18)8-16-17-11-4-2-1-3-5-11/h1-7,16-18H,8H2. The molecule has 0 spiro atoms. The monoisotopic (exact) mass is 326 g/mol. The first-order chi connectivity index (χ1) is 8.66. The van der Waals surface area contributed by atoms with Crippen molar-refractivity contribution in [3.8, 4) is 5.75 Å². The minimum atomic E-state index is 0.196. The van der Waals surface area contributed by atoms with Crippen LogP contribution in [0.25, 0.3) is 0 Å². The minimum Gasteiger partial charge on any atom is -0.506 e. The summed E-state index contributed by atoms with van der Waals surface area (Å²) < 4.78 is 0.589. The van der Waals surface area contributed by atoms with Crippen molar-refractivity contribution in [3.63, 3.8) is 0 Å². The number of halogens is 2. The van der Waals surface area contributed by atoms with E-state index in [1.165, 1.54) is 0 Å². The zero-order valence-corrected chi connectivity index (χ0v) is 11.8. The van der Waals surface area contributed by atoms with Crippen molar-refractivity contribution in [2.75, 3.05) is 5.43 Å². The predicted molar refractivity (Wildman–Crippen MR) is 77.7 cm³/mol. The summed E-state index contributed by atoms with van der Waals surface area (Å²) in [6, 6.07) is 13.1. The van der Waals surface area contributed by atoms with Crippen molar-refractivity contribution >= 4 is 33.2 Å². The number of phenolic OH excluding ortho intramolecular Hbond substituents is 1. The number of aromatic hydroxyl groups is 1. The highest BCUT2D eigenvalue weighted by atomic mass is 79.9. The van der Waals surface area contributed by atoms with E-state index in [0.29, 0.717) is 16.0 Å². The lowest BCUT2D eigenvalue weighted by Gasteiger charge is -2.10. The molecule has 0 aromatic heterocycles. The third-order valence-electron chi connectivity index (χ3n) is 2.39. The average Bonchev–Trinajstić information content (AvgIpc) is 2.36. The molecule has 0 bridgehead atoms. The highest BCUT2D eigenvalue weighted by Crippen LogP contribution is 2.31. The van der Waals surface area contributed by atoms with Crippen LogP contribution in [0.1, 0.15) is 5.56 Å². The number of phenols is 1. The molecule has 18 heavy (non-hydrogen) atoms. The van der Waals surface area contributed by atoms with Crippen LogP contribution in [0.2, 0.25) is 5.02 Å². The molecule has 0 fully saturated rings. The van der Waals surface area contributed by atoms with Crippen LogP contribution in [0.15, 0.2) is 46.9 Å². The van der Waals surface area contributed by atoms with Crippen LogP contribution in [-0.2, 0) is 6.54 Å². The largest absolute Gasteiger partial charge is 0.506 e. The van der Waals surface area contributed by atoms with Crippen molar-refractivity contribution in [3.05, 3.63) is 57.5 Å². The van der Waals surface area contributed by atoms with E-state index >= 15 is 0 Å². The van der Waals surface area contributed by atoms with Gasteiger partial charge in [-0.25, -0.2) is 5.43 Å². The summed E-state index contributed by atoms with van der Waals surface area (Å²) in [5, 5.41) is 10.4. The molecule has 0 atom stereocenters. The zero-order chi connectivity index (χ0) is 13.0. The Hall–Kier alpha value is -1.23. The number of nitrogens with one attached hydrogen (secondary N) is 2. The summed E-state index contributed by atoms with van der Waals surface area (Å²) in [5.41, 5.74) is 7.74. The molecule has 0 aliphatic heterocycles. The summed E-state index contributed by atoms with van der Waals surface area (Å²) in [5.74, 6) is 0.196. The lowest BCUT2D eigenvalue weighted by atomic mass is 10.2. The van der Waals surface area contributed by atoms with Gasteiger partial charge in [0.2, 0.25) is 0 Å². The van der Waals surface area contributed by atoms with Crippen LogP contribution in [0.5, 0.6) is 5.75 Å². The van der Waals surface area contributed by atoms with E-state index in [4.69, 9.17) is 11.6 Å². The van der Waals surface area contributed by atoms with Crippen molar-refractivity contribution < 1.29 is 5.11 Å². The Labute approximate surface area is 119 Å². The van der Waals surface area contributed by atoms with Gasteiger partial charge >= 0.3 is 0 Å². The van der Waals surface area contributed by atoms with Gasteiger partial charge in [-0.1, -0.05) is 29.8 Å². The average molecular weight is 328 g/mol. The predicted octanol–water partition coefficient (Wildman–Crippen LogP) is 3.92. The molecule has 0 amide bonds. The Morgan fingerprint density at radius 2 is 1.89 bits per heavy atom. The van der Waals surface area contributed by atoms with Gasteiger partial charge in [0.05, 0.1) is 4.47 Å². The highest BCUT2D eigenvalue weighted by molar-refractivity contribution is 9.10. The number of benzene rings is 2. The number of rotatable bonds is 4. The molecule has 94 valence electrons. The Morgan fingerprint density at radius 1 is 1.17 bits per heavy atom. The van der Waals surface area contributed by atoms with Gasteiger partial charge in [-0.2, -0.15) is 0 Å². The van der Waals surface area contributed by atoms with Gasteiger partial charge in [0.25, 0.3) is 0 Å². The van der Waals surface area contributed by atoms with Gasteiger partial charge in [-0.3, -0.25) is 0 Å². The molecule has 5 heteroatoms. The molecule has 2 aromatic rings. The Kier molecular flexibility index (Phi) is 4.47. The lowest BCUT2D eigenvalue weighted by Crippen LogP contribution is -2.20. The fraction of sp³-hybridized carbons (Fsp3) is 0.0769. The fourth-order valence-electron chi connectivity index (χ4n) is 1.52. The maximum atomic E-state index is 9.85. The van der Waals surface area contributed by atoms with Crippen molar-refractivity contribution in [1.82, 2.24) is 5.43 Å². The molecule has 0 heterocycles. The van der Waals surface area contributed by atoms with Crippen LogP contribution in [0.4, 0.5) is 5.69 Å². The molecule has 0 radical (unpaired) electrons. The van der Waals surface area contributed by atoms with Crippen LogP contribution in [0, 0.1) is 0 Å². The van der Waals surface area contributed by atoms with Gasteiger partial charge < -0.3 is 10.5 Å². The normalized spacial score (nSPS) is 10.3. The number of hydrazine groups is 1. The molecule has 0 saturated heterocycles. The van der Waals surface area contributed by atoms with Crippen LogP contribution < -0.4 is 10.9 Å². The maximum Gasteiger partial charge on any atom is 0.134 e. The second-order valence-electron chi connectivity index (χ2n) is 3.74. The molecular formula is C13H12BrClN2O. The van der Waals surface area contributed by atoms with Crippen LogP contribution >= 0.6 is 27.5 Å². The van der Waals surface area contributed by atoms with E-state index in [1.807, 2.05) is 30.3 Å². The third kappa shape index (κ3) is 3.38. The van der Waals surface area contributed by atoms with E-state index in [9.17, 15) is 5.11 Å². The lowest BCUT2D eigenvalue weighted by molar-refractivity contribution is 0.462. The Bertz CT molecular complexity index is 534. The van der Waals surface area contributed by atoms with Gasteiger partial charge in [0, 0.05) is 22.8 Å². The molecule has 3 nitrogen and oxygen atoms in total. The highest BCUT2D eigenvalue weighted by Gasteiger charge is 2.06. The van der Waals surface area contributed by atoms with Crippen LogP contribution in [0.3, 0.4) is 0 Å². The van der Waals surface area contributed by atoms with Gasteiger partial charge in [0.1, 0.15) is 5.75 Å². The third-order valence-corrected chi connectivity index (χ3v) is 3.22. The zero-order valence-electron chi connectivity index (χ0n) is 9.45. The second kappa shape index (κ2) is 6.09. The molecule has 0 saturated carbocycles. The number of anilines is 1. The molecule has 2 rings (SSSR count). The molecule has 0 aliphatic rings. The first-order valence-electron chi connectivity index (χ1n) is 5.37. The summed E-state index contributed by atoms with van der Waals surface area (Å²) in [6.07, 6.45) is 0. The van der Waals surface area contributed by atoms with E-state index in [2.05, 4.69) is 26.8 Å². The van der Waals surface area contributed by atoms with Crippen molar-refractivity contribution in [2.45, 2.75) is 6.54 Å². The quantitative estimate of drug-likeness (QED) is 0.746. The van der Waals surface area contributed by atoms with E-state index in [1.54, 1.807) is 12.1 Å². The number of hydrogen-bond donors (Lipinski definition) is 3. The second-order valence-corrected chi connectivity index (χ2v) is 5.03. The van der Waals surface area contributed by atoms with Gasteiger partial charge in [-0.15, -0.1) is 0 Å². The smallest absolute Gasteiger partial charge is 0.134 e. The molecule has 0 unspecified atom stereocenters. The van der Waals surface area contributed by atoms with E-state index < -0.39 is 0 Å². The molecule has 3 N–H and O–H groups in total. The fourth-order valence-corrected chi connectivity index (χ4v) is 2.39. The van der Waals surface area contributed by atoms with Gasteiger partial charge in [0.15, 0.2) is 0 Å². The first-order valence-corrected chi connectivity index (χ1v) is 6.55. The minimum absolute atomic E-state index is 0.196. The van der Waals surface area contributed by atoms with Crippen molar-refractivity contribution in [1.29, 1.82) is 0 Å². The Balaban J connectivity index is 1.99. The Morgan fingerprint density at radius 3 is 2.61 bits per heavy atom.